The number of fused-ring (bicyclic) bond motifs is 1. The number of thiophene rings is 1. The van der Waals surface area contributed by atoms with Gasteiger partial charge in [0.1, 0.15) is 0 Å². The third kappa shape index (κ3) is 5.18. The van der Waals surface area contributed by atoms with Gasteiger partial charge >= 0.3 is 0 Å². The monoisotopic (exact) mass is 464 g/mol. The third-order valence-electron chi connectivity index (χ3n) is 5.20. The maximum absolute atomic E-state index is 12.8. The predicted octanol–water partition coefficient (Wildman–Crippen LogP) is 3.83. The first-order valence-electron chi connectivity index (χ1n) is 9.94. The summed E-state index contributed by atoms with van der Waals surface area (Å²) < 4.78 is 7.35. The van der Waals surface area contributed by atoms with E-state index in [2.05, 4.69) is 27.0 Å². The highest BCUT2D eigenvalue weighted by molar-refractivity contribution is 7.99. The summed E-state index contributed by atoms with van der Waals surface area (Å²) in [4.78, 5) is 23.3. The Morgan fingerprint density at radius 2 is 2.10 bits per heavy atom. The van der Waals surface area contributed by atoms with Crippen molar-refractivity contribution < 1.29 is 9.53 Å². The van der Waals surface area contributed by atoms with Crippen molar-refractivity contribution in [2.24, 2.45) is 0 Å². The fraction of sp³-hybridized carbons (Fsp3) is 0.429. The summed E-state index contributed by atoms with van der Waals surface area (Å²) >= 11 is 9.40. The lowest BCUT2D eigenvalue weighted by Gasteiger charge is -2.34. The van der Waals surface area contributed by atoms with Gasteiger partial charge in [0.2, 0.25) is 5.91 Å². The highest BCUT2D eigenvalue weighted by Gasteiger charge is 2.22. The second-order valence-electron chi connectivity index (χ2n) is 7.20. The minimum atomic E-state index is 0.166. The summed E-state index contributed by atoms with van der Waals surface area (Å²) in [7, 11) is 1.68. The zero-order valence-corrected chi connectivity index (χ0v) is 19.3. The number of carbonyl (C=O) groups excluding carboxylic acids is 1. The molecule has 2 aromatic heterocycles. The third-order valence-corrected chi connectivity index (χ3v) is 7.26. The van der Waals surface area contributed by atoms with Crippen LogP contribution < -0.4 is 0 Å². The van der Waals surface area contributed by atoms with Crippen LogP contribution in [-0.4, -0.2) is 70.9 Å². The summed E-state index contributed by atoms with van der Waals surface area (Å²) in [5, 5.41) is 3.60. The molecule has 9 heteroatoms. The van der Waals surface area contributed by atoms with Gasteiger partial charge < -0.3 is 14.2 Å². The molecule has 0 saturated carbocycles. The van der Waals surface area contributed by atoms with E-state index in [1.807, 2.05) is 23.1 Å². The number of nitrogens with zero attached hydrogens (tertiary/aromatic N) is 4. The number of hydrogen-bond donors (Lipinski definition) is 0. The van der Waals surface area contributed by atoms with Gasteiger partial charge in [0.15, 0.2) is 5.16 Å². The fourth-order valence-electron chi connectivity index (χ4n) is 3.59. The number of rotatable bonds is 8. The van der Waals surface area contributed by atoms with Crippen LogP contribution in [0.4, 0.5) is 0 Å². The molecular weight excluding hydrogens is 440 g/mol. The first-order chi connectivity index (χ1) is 14.6. The molecule has 0 atom stereocenters. The van der Waals surface area contributed by atoms with Gasteiger partial charge in [0, 0.05) is 56.3 Å². The summed E-state index contributed by atoms with van der Waals surface area (Å²) in [6.07, 6.45) is 0. The van der Waals surface area contributed by atoms with Crippen LogP contribution in [0, 0.1) is 0 Å². The molecule has 4 rings (SSSR count). The van der Waals surface area contributed by atoms with Gasteiger partial charge in [-0.25, -0.2) is 4.98 Å². The number of thioether (sulfide) groups is 1. The number of aromatic nitrogens is 2. The van der Waals surface area contributed by atoms with E-state index in [1.165, 1.54) is 16.6 Å². The summed E-state index contributed by atoms with van der Waals surface area (Å²) in [6, 6.07) is 9.95. The Kier molecular flexibility index (Phi) is 7.32. The molecule has 1 fully saturated rings. The average molecular weight is 465 g/mol. The van der Waals surface area contributed by atoms with Crippen molar-refractivity contribution in [3.8, 4) is 0 Å². The minimum Gasteiger partial charge on any atom is -0.383 e. The topological polar surface area (TPSA) is 50.6 Å². The highest BCUT2D eigenvalue weighted by Crippen LogP contribution is 2.26. The zero-order chi connectivity index (χ0) is 20.9. The molecule has 1 aliphatic rings. The maximum atomic E-state index is 12.8. The SMILES string of the molecule is COCCn1c(SCC(=O)N2CCN(Cc3cccs3)CC2)nc2cc(Cl)ccc21. The van der Waals surface area contributed by atoms with Crippen molar-refractivity contribution in [1.29, 1.82) is 0 Å². The second-order valence-corrected chi connectivity index (χ2v) is 9.61. The standard InChI is InChI=1S/C21H25ClN4O2S2/c1-28-11-10-26-19-5-4-16(22)13-18(19)23-21(26)30-15-20(27)25-8-6-24(7-9-25)14-17-3-2-12-29-17/h2-5,12-13H,6-11,14-15H2,1H3. The Bertz CT molecular complexity index is 984. The largest absolute Gasteiger partial charge is 0.383 e. The average Bonchev–Trinajstić information content (AvgIpc) is 3.38. The molecule has 0 spiro atoms. The van der Waals surface area contributed by atoms with Crippen LogP contribution in [-0.2, 0) is 22.6 Å². The lowest BCUT2D eigenvalue weighted by molar-refractivity contribution is -0.130. The zero-order valence-electron chi connectivity index (χ0n) is 16.9. The number of carbonyl (C=O) groups is 1. The van der Waals surface area contributed by atoms with Crippen molar-refractivity contribution in [2.45, 2.75) is 18.2 Å². The van der Waals surface area contributed by atoms with E-state index in [4.69, 9.17) is 21.3 Å². The number of amides is 1. The van der Waals surface area contributed by atoms with Crippen LogP contribution in [0.5, 0.6) is 0 Å². The van der Waals surface area contributed by atoms with Crippen LogP contribution in [0.3, 0.4) is 0 Å². The van der Waals surface area contributed by atoms with Gasteiger partial charge in [-0.3, -0.25) is 9.69 Å². The van der Waals surface area contributed by atoms with Crippen molar-refractivity contribution in [1.82, 2.24) is 19.4 Å². The second kappa shape index (κ2) is 10.2. The summed E-state index contributed by atoms with van der Waals surface area (Å²) in [6.45, 7) is 5.63. The molecule has 3 aromatic rings. The van der Waals surface area contributed by atoms with E-state index in [9.17, 15) is 4.79 Å². The Balaban J connectivity index is 1.35. The Morgan fingerprint density at radius 3 is 2.83 bits per heavy atom. The van der Waals surface area contributed by atoms with E-state index >= 15 is 0 Å². The van der Waals surface area contributed by atoms with Crippen LogP contribution in [0.15, 0.2) is 40.9 Å². The number of imidazole rings is 1. The molecule has 1 aromatic carbocycles. The van der Waals surface area contributed by atoms with Crippen molar-refractivity contribution in [3.05, 3.63) is 45.6 Å². The lowest BCUT2D eigenvalue weighted by Crippen LogP contribution is -2.48. The van der Waals surface area contributed by atoms with Crippen molar-refractivity contribution in [3.63, 3.8) is 0 Å². The van der Waals surface area contributed by atoms with E-state index < -0.39 is 0 Å². The Morgan fingerprint density at radius 1 is 1.27 bits per heavy atom. The van der Waals surface area contributed by atoms with Gasteiger partial charge in [-0.15, -0.1) is 11.3 Å². The summed E-state index contributed by atoms with van der Waals surface area (Å²) in [5.41, 5.74) is 1.85. The van der Waals surface area contributed by atoms with Gasteiger partial charge in [0.25, 0.3) is 0 Å². The van der Waals surface area contributed by atoms with Gasteiger partial charge in [0.05, 0.1) is 23.4 Å². The molecule has 30 heavy (non-hydrogen) atoms. The fourth-order valence-corrected chi connectivity index (χ4v) is 5.44. The summed E-state index contributed by atoms with van der Waals surface area (Å²) in [5.74, 6) is 0.550. The highest BCUT2D eigenvalue weighted by atomic mass is 35.5. The van der Waals surface area contributed by atoms with Crippen molar-refractivity contribution in [2.75, 3.05) is 45.6 Å². The number of ether oxygens (including phenoxy) is 1. The molecular formula is C21H25ClN4O2S2. The molecule has 0 N–H and O–H groups in total. The van der Waals surface area contributed by atoms with Gasteiger partial charge in [-0.1, -0.05) is 29.4 Å². The van der Waals surface area contributed by atoms with Crippen molar-refractivity contribution >= 4 is 51.6 Å². The number of halogens is 1. The van der Waals surface area contributed by atoms with E-state index in [0.717, 1.165) is 48.9 Å². The molecule has 1 aliphatic heterocycles. The molecule has 0 unspecified atom stereocenters. The Labute approximate surface area is 189 Å². The molecule has 6 nitrogen and oxygen atoms in total. The number of hydrogen-bond acceptors (Lipinski definition) is 6. The van der Waals surface area contributed by atoms with Crippen LogP contribution in [0.2, 0.25) is 5.02 Å². The molecule has 1 saturated heterocycles. The molecule has 0 bridgehead atoms. The molecule has 0 radical (unpaired) electrons. The van der Waals surface area contributed by atoms with E-state index in [-0.39, 0.29) is 5.91 Å². The minimum absolute atomic E-state index is 0.166. The van der Waals surface area contributed by atoms with E-state index in [0.29, 0.717) is 23.9 Å². The van der Waals surface area contributed by atoms with Crippen LogP contribution >= 0.6 is 34.7 Å². The molecule has 160 valence electrons. The van der Waals surface area contributed by atoms with Gasteiger partial charge in [-0.05, 0) is 29.6 Å². The Hall–Kier alpha value is -1.58. The van der Waals surface area contributed by atoms with Gasteiger partial charge in [-0.2, -0.15) is 0 Å². The molecule has 3 heterocycles. The van der Waals surface area contributed by atoms with E-state index in [1.54, 1.807) is 18.4 Å². The quantitative estimate of drug-likeness (QED) is 0.474. The predicted molar refractivity (Wildman–Crippen MR) is 124 cm³/mol. The number of piperazine rings is 1. The molecule has 1 amide bonds. The smallest absolute Gasteiger partial charge is 0.233 e. The number of methoxy groups -OCH3 is 1. The van der Waals surface area contributed by atoms with Crippen LogP contribution in [0.1, 0.15) is 4.88 Å². The first-order valence-corrected chi connectivity index (χ1v) is 12.2. The normalized spacial score (nSPS) is 15.2. The lowest BCUT2D eigenvalue weighted by atomic mass is 10.3. The van der Waals surface area contributed by atoms with Crippen LogP contribution in [0.25, 0.3) is 11.0 Å². The molecule has 0 aliphatic carbocycles. The number of benzene rings is 1. The maximum Gasteiger partial charge on any atom is 0.233 e. The first kappa shape index (κ1) is 21.6.